The molecule has 3 aromatic rings. The van der Waals surface area contributed by atoms with Crippen LogP contribution in [0.1, 0.15) is 67.6 Å². The molecule has 1 amide bonds. The zero-order valence-corrected chi connectivity index (χ0v) is 20.9. The number of hydrogen-bond donors (Lipinski definition) is 1. The van der Waals surface area contributed by atoms with Gasteiger partial charge in [0.05, 0.1) is 23.4 Å². The molecule has 7 nitrogen and oxygen atoms in total. The van der Waals surface area contributed by atoms with Crippen LogP contribution in [0.2, 0.25) is 0 Å². The monoisotopic (exact) mass is 475 g/mol. The number of ether oxygens (including phenoxy) is 1. The van der Waals surface area contributed by atoms with Gasteiger partial charge in [0.1, 0.15) is 0 Å². The molecule has 1 fully saturated rings. The first-order valence-electron chi connectivity index (χ1n) is 13.2. The summed E-state index contributed by atoms with van der Waals surface area (Å²) in [4.78, 5) is 20.2. The first kappa shape index (κ1) is 23.8. The van der Waals surface area contributed by atoms with Crippen molar-refractivity contribution in [3.05, 3.63) is 59.5 Å². The Morgan fingerprint density at radius 3 is 2.77 bits per heavy atom. The fraction of sp³-hybridized carbons (Fsp3) is 0.536. The Labute approximate surface area is 207 Å². The zero-order chi connectivity index (χ0) is 24.2. The first-order chi connectivity index (χ1) is 17.0. The molecule has 1 aliphatic carbocycles. The summed E-state index contributed by atoms with van der Waals surface area (Å²) in [5.74, 6) is 1.49. The van der Waals surface area contributed by atoms with E-state index in [1.165, 1.54) is 30.5 Å². The van der Waals surface area contributed by atoms with Crippen LogP contribution in [0.5, 0.6) is 5.88 Å². The van der Waals surface area contributed by atoms with Gasteiger partial charge in [0.15, 0.2) is 0 Å². The standard InChI is InChI=1S/C28H37N5O2/c1-20(2)35-27-11-8-22-13-17-32(18-14-25(22)31-27)16-12-21-6-9-23(10-7-21)30-28(34)24-19-29-33-15-4-3-5-26(24)33/h3-5,8,11,15,19-21,23H,6-7,9-10,12-14,16-18H2,1-2H3,(H,30,34). The summed E-state index contributed by atoms with van der Waals surface area (Å²) in [7, 11) is 0. The van der Waals surface area contributed by atoms with Crippen LogP contribution in [-0.2, 0) is 12.8 Å². The number of aromatic nitrogens is 3. The topological polar surface area (TPSA) is 71.8 Å². The molecule has 0 saturated heterocycles. The lowest BCUT2D eigenvalue weighted by molar-refractivity contribution is 0.0921. The van der Waals surface area contributed by atoms with Crippen molar-refractivity contribution in [2.75, 3.05) is 19.6 Å². The van der Waals surface area contributed by atoms with E-state index < -0.39 is 0 Å². The van der Waals surface area contributed by atoms with E-state index in [-0.39, 0.29) is 18.1 Å². The minimum Gasteiger partial charge on any atom is -0.475 e. The largest absolute Gasteiger partial charge is 0.475 e. The number of nitrogens with one attached hydrogen (secondary N) is 1. The molecule has 0 radical (unpaired) electrons. The molecule has 0 atom stereocenters. The highest BCUT2D eigenvalue weighted by atomic mass is 16.5. The van der Waals surface area contributed by atoms with Crippen LogP contribution in [0.3, 0.4) is 0 Å². The molecule has 0 aromatic carbocycles. The van der Waals surface area contributed by atoms with E-state index in [4.69, 9.17) is 9.72 Å². The maximum absolute atomic E-state index is 12.8. The van der Waals surface area contributed by atoms with E-state index in [0.29, 0.717) is 5.56 Å². The summed E-state index contributed by atoms with van der Waals surface area (Å²) in [5, 5.41) is 7.54. The third-order valence-corrected chi connectivity index (χ3v) is 7.47. The molecule has 1 N–H and O–H groups in total. The lowest BCUT2D eigenvalue weighted by atomic mass is 9.84. The van der Waals surface area contributed by atoms with Crippen molar-refractivity contribution in [3.63, 3.8) is 0 Å². The van der Waals surface area contributed by atoms with Crippen LogP contribution in [0.4, 0.5) is 0 Å². The normalized spacial score (nSPS) is 21.0. The average molecular weight is 476 g/mol. The van der Waals surface area contributed by atoms with Gasteiger partial charge in [-0.3, -0.25) is 4.79 Å². The minimum atomic E-state index is -0.00524. The molecule has 2 aliphatic rings. The second kappa shape index (κ2) is 10.8. The number of rotatable bonds is 7. The van der Waals surface area contributed by atoms with Crippen molar-refractivity contribution < 1.29 is 9.53 Å². The molecule has 0 spiro atoms. The third-order valence-electron chi connectivity index (χ3n) is 7.47. The van der Waals surface area contributed by atoms with E-state index in [0.717, 1.165) is 62.6 Å². The number of carbonyl (C=O) groups is 1. The summed E-state index contributed by atoms with van der Waals surface area (Å²) in [6, 6.07) is 10.3. The summed E-state index contributed by atoms with van der Waals surface area (Å²) >= 11 is 0. The van der Waals surface area contributed by atoms with Gasteiger partial charge < -0.3 is 15.0 Å². The summed E-state index contributed by atoms with van der Waals surface area (Å²) in [6.45, 7) is 7.39. The van der Waals surface area contributed by atoms with Gasteiger partial charge in [-0.1, -0.05) is 12.1 Å². The van der Waals surface area contributed by atoms with Gasteiger partial charge in [0.25, 0.3) is 5.91 Å². The van der Waals surface area contributed by atoms with Gasteiger partial charge in [0.2, 0.25) is 5.88 Å². The van der Waals surface area contributed by atoms with Crippen LogP contribution in [0.15, 0.2) is 42.7 Å². The highest BCUT2D eigenvalue weighted by Crippen LogP contribution is 2.28. The Balaban J connectivity index is 1.06. The van der Waals surface area contributed by atoms with Gasteiger partial charge in [0, 0.05) is 43.5 Å². The first-order valence-corrected chi connectivity index (χ1v) is 13.2. The summed E-state index contributed by atoms with van der Waals surface area (Å²) in [6.07, 6.45) is 11.5. The molecule has 7 heteroatoms. The summed E-state index contributed by atoms with van der Waals surface area (Å²) in [5.41, 5.74) is 4.09. The Hall–Kier alpha value is -2.93. The van der Waals surface area contributed by atoms with Crippen LogP contribution < -0.4 is 10.1 Å². The number of carbonyl (C=O) groups excluding carboxylic acids is 1. The van der Waals surface area contributed by atoms with Gasteiger partial charge in [-0.05, 0) is 82.5 Å². The number of amides is 1. The van der Waals surface area contributed by atoms with Crippen LogP contribution in [0, 0.1) is 5.92 Å². The van der Waals surface area contributed by atoms with E-state index >= 15 is 0 Å². The maximum Gasteiger partial charge on any atom is 0.255 e. The molecule has 186 valence electrons. The lowest BCUT2D eigenvalue weighted by Gasteiger charge is -2.30. The fourth-order valence-electron chi connectivity index (χ4n) is 5.47. The van der Waals surface area contributed by atoms with Crippen molar-refractivity contribution >= 4 is 11.4 Å². The van der Waals surface area contributed by atoms with Gasteiger partial charge in [-0.15, -0.1) is 0 Å². The van der Waals surface area contributed by atoms with Crippen LogP contribution >= 0.6 is 0 Å². The molecule has 0 bridgehead atoms. The quantitative estimate of drug-likeness (QED) is 0.552. The van der Waals surface area contributed by atoms with E-state index in [1.807, 2.05) is 44.3 Å². The fourth-order valence-corrected chi connectivity index (χ4v) is 5.47. The Morgan fingerprint density at radius 1 is 1.11 bits per heavy atom. The van der Waals surface area contributed by atoms with E-state index in [2.05, 4.69) is 21.4 Å². The second-order valence-electron chi connectivity index (χ2n) is 10.3. The maximum atomic E-state index is 12.8. The predicted octanol–water partition coefficient (Wildman–Crippen LogP) is 4.30. The molecule has 1 saturated carbocycles. The molecule has 0 unspecified atom stereocenters. The van der Waals surface area contributed by atoms with E-state index in [1.54, 1.807) is 10.7 Å². The third kappa shape index (κ3) is 5.84. The number of fused-ring (bicyclic) bond motifs is 2. The zero-order valence-electron chi connectivity index (χ0n) is 20.9. The van der Waals surface area contributed by atoms with Gasteiger partial charge >= 0.3 is 0 Å². The van der Waals surface area contributed by atoms with Crippen molar-refractivity contribution in [1.29, 1.82) is 0 Å². The number of nitrogens with zero attached hydrogens (tertiary/aromatic N) is 4. The number of pyridine rings is 2. The Bertz CT molecular complexity index is 1150. The average Bonchev–Trinajstić information content (AvgIpc) is 3.19. The highest BCUT2D eigenvalue weighted by Gasteiger charge is 2.25. The molecular formula is C28H37N5O2. The van der Waals surface area contributed by atoms with Crippen molar-refractivity contribution in [3.8, 4) is 5.88 Å². The lowest BCUT2D eigenvalue weighted by Crippen LogP contribution is -2.38. The van der Waals surface area contributed by atoms with Crippen molar-refractivity contribution in [2.45, 2.75) is 70.9 Å². The minimum absolute atomic E-state index is 0.00524. The molecule has 4 heterocycles. The van der Waals surface area contributed by atoms with Crippen molar-refractivity contribution in [2.24, 2.45) is 5.92 Å². The Morgan fingerprint density at radius 2 is 1.94 bits per heavy atom. The van der Waals surface area contributed by atoms with Crippen molar-refractivity contribution in [1.82, 2.24) is 24.8 Å². The van der Waals surface area contributed by atoms with E-state index in [9.17, 15) is 4.79 Å². The summed E-state index contributed by atoms with van der Waals surface area (Å²) < 4.78 is 7.54. The SMILES string of the molecule is CC(C)Oc1ccc2c(n1)CCN(CCC1CCC(NC(=O)c3cnn4ccccc34)CC1)CC2. The molecule has 5 rings (SSSR count). The predicted molar refractivity (Wildman–Crippen MR) is 137 cm³/mol. The molecule has 3 aromatic heterocycles. The van der Waals surface area contributed by atoms with Crippen LogP contribution in [-0.4, -0.2) is 57.2 Å². The number of hydrogen-bond acceptors (Lipinski definition) is 5. The molecule has 35 heavy (non-hydrogen) atoms. The smallest absolute Gasteiger partial charge is 0.255 e. The molecular weight excluding hydrogens is 438 g/mol. The molecule has 1 aliphatic heterocycles. The second-order valence-corrected chi connectivity index (χ2v) is 10.3. The van der Waals surface area contributed by atoms with Crippen LogP contribution in [0.25, 0.3) is 5.52 Å². The van der Waals surface area contributed by atoms with Gasteiger partial charge in [-0.2, -0.15) is 5.10 Å². The van der Waals surface area contributed by atoms with Gasteiger partial charge in [-0.25, -0.2) is 9.50 Å². The Kier molecular flexibility index (Phi) is 7.32. The highest BCUT2D eigenvalue weighted by molar-refractivity contribution is 6.00.